The van der Waals surface area contributed by atoms with Gasteiger partial charge in [0.25, 0.3) is 0 Å². The van der Waals surface area contributed by atoms with Crippen molar-refractivity contribution in [3.63, 3.8) is 0 Å². The van der Waals surface area contributed by atoms with Crippen LogP contribution < -0.4 is 0 Å². The maximum atomic E-state index is 11.6. The summed E-state index contributed by atoms with van der Waals surface area (Å²) >= 11 is 0. The van der Waals surface area contributed by atoms with Gasteiger partial charge in [-0.1, -0.05) is 0 Å². The second kappa shape index (κ2) is 4.62. The SMILES string of the molecule is CN(C)[C@H]1CS(=O)(=O)C[C@@H]1N=Cc1ccoc1. The first-order valence-corrected chi connectivity index (χ1v) is 7.22. The summed E-state index contributed by atoms with van der Waals surface area (Å²) in [7, 11) is 0.802. The summed E-state index contributed by atoms with van der Waals surface area (Å²) in [5.74, 6) is 0.317. The molecule has 0 bridgehead atoms. The van der Waals surface area contributed by atoms with Gasteiger partial charge in [-0.25, -0.2) is 8.42 Å². The van der Waals surface area contributed by atoms with E-state index in [9.17, 15) is 8.42 Å². The monoisotopic (exact) mass is 256 g/mol. The van der Waals surface area contributed by atoms with E-state index in [2.05, 4.69) is 4.99 Å². The third-order valence-corrected chi connectivity index (χ3v) is 4.61. The molecule has 0 aliphatic carbocycles. The van der Waals surface area contributed by atoms with Crippen molar-refractivity contribution < 1.29 is 12.8 Å². The molecular weight excluding hydrogens is 240 g/mol. The van der Waals surface area contributed by atoms with Crippen LogP contribution in [-0.2, 0) is 9.84 Å². The van der Waals surface area contributed by atoms with Crippen LogP contribution in [0.4, 0.5) is 0 Å². The van der Waals surface area contributed by atoms with Crippen molar-refractivity contribution in [2.75, 3.05) is 25.6 Å². The third-order valence-electron chi connectivity index (χ3n) is 2.92. The fraction of sp³-hybridized carbons (Fsp3) is 0.545. The Morgan fingerprint density at radius 2 is 2.24 bits per heavy atom. The largest absolute Gasteiger partial charge is 0.472 e. The van der Waals surface area contributed by atoms with Gasteiger partial charge in [-0.05, 0) is 20.2 Å². The molecule has 1 saturated heterocycles. The van der Waals surface area contributed by atoms with E-state index in [1.165, 1.54) is 0 Å². The Morgan fingerprint density at radius 1 is 1.47 bits per heavy atom. The fourth-order valence-electron chi connectivity index (χ4n) is 1.98. The highest BCUT2D eigenvalue weighted by molar-refractivity contribution is 7.91. The van der Waals surface area contributed by atoms with Crippen molar-refractivity contribution in [2.24, 2.45) is 4.99 Å². The van der Waals surface area contributed by atoms with Gasteiger partial charge in [0, 0.05) is 17.8 Å². The smallest absolute Gasteiger partial charge is 0.154 e. The molecule has 1 aromatic heterocycles. The Hall–Kier alpha value is -1.14. The van der Waals surface area contributed by atoms with Gasteiger partial charge in [-0.2, -0.15) is 0 Å². The molecule has 1 aromatic rings. The molecule has 0 N–H and O–H groups in total. The summed E-state index contributed by atoms with van der Waals surface area (Å²) in [4.78, 5) is 6.28. The lowest BCUT2D eigenvalue weighted by molar-refractivity contribution is 0.297. The highest BCUT2D eigenvalue weighted by atomic mass is 32.2. The minimum Gasteiger partial charge on any atom is -0.472 e. The Kier molecular flexibility index (Phi) is 3.35. The van der Waals surface area contributed by atoms with Crippen LogP contribution in [0.3, 0.4) is 0 Å². The van der Waals surface area contributed by atoms with E-state index < -0.39 is 9.84 Å². The Balaban J connectivity index is 2.14. The molecule has 1 aliphatic rings. The quantitative estimate of drug-likeness (QED) is 0.736. The zero-order valence-corrected chi connectivity index (χ0v) is 10.7. The maximum absolute atomic E-state index is 11.6. The topological polar surface area (TPSA) is 62.9 Å². The van der Waals surface area contributed by atoms with E-state index in [0.29, 0.717) is 0 Å². The molecule has 2 rings (SSSR count). The van der Waals surface area contributed by atoms with Gasteiger partial charge < -0.3 is 9.32 Å². The van der Waals surface area contributed by atoms with Crippen LogP contribution in [0.2, 0.25) is 0 Å². The number of rotatable bonds is 3. The molecule has 6 heteroatoms. The number of likely N-dealkylation sites (N-methyl/N-ethyl adjacent to an activating group) is 1. The highest BCUT2D eigenvalue weighted by Crippen LogP contribution is 2.19. The first-order chi connectivity index (χ1) is 7.98. The molecule has 0 aromatic carbocycles. The van der Waals surface area contributed by atoms with E-state index in [4.69, 9.17) is 4.42 Å². The van der Waals surface area contributed by atoms with Crippen molar-refractivity contribution >= 4 is 16.1 Å². The summed E-state index contributed by atoms with van der Waals surface area (Å²) in [5, 5.41) is 0. The lowest BCUT2D eigenvalue weighted by Gasteiger charge is -2.21. The summed E-state index contributed by atoms with van der Waals surface area (Å²) in [6, 6.07) is 1.56. The third kappa shape index (κ3) is 2.95. The number of hydrogen-bond acceptors (Lipinski definition) is 5. The highest BCUT2D eigenvalue weighted by Gasteiger charge is 2.38. The average molecular weight is 256 g/mol. The first-order valence-electron chi connectivity index (χ1n) is 5.40. The van der Waals surface area contributed by atoms with Crippen molar-refractivity contribution in [2.45, 2.75) is 12.1 Å². The van der Waals surface area contributed by atoms with Crippen molar-refractivity contribution in [3.05, 3.63) is 24.2 Å². The zero-order chi connectivity index (χ0) is 12.5. The van der Waals surface area contributed by atoms with Gasteiger partial charge in [-0.15, -0.1) is 0 Å². The maximum Gasteiger partial charge on any atom is 0.154 e. The van der Waals surface area contributed by atoms with Crippen LogP contribution in [0.1, 0.15) is 5.56 Å². The molecule has 0 spiro atoms. The molecule has 5 nitrogen and oxygen atoms in total. The standard InChI is InChI=1S/C11H16N2O3S/c1-13(2)11-8-17(14,15)7-10(11)12-5-9-3-4-16-6-9/h3-6,10-11H,7-8H2,1-2H3/t10-,11-/m0/s1. The Bertz CT molecular complexity index is 491. The predicted molar refractivity (Wildman–Crippen MR) is 66.2 cm³/mol. The number of furan rings is 1. The minimum absolute atomic E-state index is 0.0387. The van der Waals surface area contributed by atoms with E-state index in [1.54, 1.807) is 24.8 Å². The average Bonchev–Trinajstić information content (AvgIpc) is 2.81. The van der Waals surface area contributed by atoms with Crippen LogP contribution in [0.5, 0.6) is 0 Å². The predicted octanol–water partition coefficient (Wildman–Crippen LogP) is 0.426. The molecular formula is C11H16N2O3S. The van der Waals surface area contributed by atoms with Crippen molar-refractivity contribution in [3.8, 4) is 0 Å². The molecule has 1 fully saturated rings. The molecule has 0 unspecified atom stereocenters. The molecule has 0 amide bonds. The lowest BCUT2D eigenvalue weighted by Crippen LogP contribution is -2.37. The molecule has 1 aliphatic heterocycles. The molecule has 0 saturated carbocycles. The van der Waals surface area contributed by atoms with Gasteiger partial charge in [0.2, 0.25) is 0 Å². The molecule has 2 heterocycles. The normalized spacial score (nSPS) is 28.2. The van der Waals surface area contributed by atoms with Crippen molar-refractivity contribution in [1.29, 1.82) is 0 Å². The number of aliphatic imine (C=N–C) groups is 1. The number of sulfone groups is 1. The van der Waals surface area contributed by atoms with Crippen LogP contribution >= 0.6 is 0 Å². The first kappa shape index (κ1) is 12.3. The van der Waals surface area contributed by atoms with Crippen LogP contribution in [0.15, 0.2) is 28.0 Å². The second-order valence-electron chi connectivity index (χ2n) is 4.51. The Labute approximate surface area is 101 Å². The van der Waals surface area contributed by atoms with E-state index >= 15 is 0 Å². The van der Waals surface area contributed by atoms with Gasteiger partial charge in [0.1, 0.15) is 0 Å². The van der Waals surface area contributed by atoms with Crippen LogP contribution in [-0.4, -0.2) is 57.2 Å². The summed E-state index contributed by atoms with van der Waals surface area (Å²) in [6.07, 6.45) is 4.82. The summed E-state index contributed by atoms with van der Waals surface area (Å²) < 4.78 is 28.1. The second-order valence-corrected chi connectivity index (χ2v) is 6.66. The lowest BCUT2D eigenvalue weighted by atomic mass is 10.1. The zero-order valence-electron chi connectivity index (χ0n) is 9.91. The molecule has 0 radical (unpaired) electrons. The molecule has 2 atom stereocenters. The molecule has 94 valence electrons. The van der Waals surface area contributed by atoms with Crippen LogP contribution in [0, 0.1) is 0 Å². The van der Waals surface area contributed by atoms with Gasteiger partial charge in [-0.3, -0.25) is 4.99 Å². The van der Waals surface area contributed by atoms with Crippen molar-refractivity contribution in [1.82, 2.24) is 4.90 Å². The summed E-state index contributed by atoms with van der Waals surface area (Å²) in [5.41, 5.74) is 0.854. The Morgan fingerprint density at radius 3 is 2.82 bits per heavy atom. The minimum atomic E-state index is -2.96. The van der Waals surface area contributed by atoms with Gasteiger partial charge >= 0.3 is 0 Å². The van der Waals surface area contributed by atoms with Crippen LogP contribution in [0.25, 0.3) is 0 Å². The van der Waals surface area contributed by atoms with Gasteiger partial charge in [0.15, 0.2) is 9.84 Å². The van der Waals surface area contributed by atoms with E-state index in [-0.39, 0.29) is 23.6 Å². The van der Waals surface area contributed by atoms with E-state index in [0.717, 1.165) is 5.56 Å². The number of nitrogens with zero attached hydrogens (tertiary/aromatic N) is 2. The summed E-state index contributed by atoms with van der Waals surface area (Å²) in [6.45, 7) is 0. The van der Waals surface area contributed by atoms with E-state index in [1.807, 2.05) is 19.0 Å². The van der Waals surface area contributed by atoms with Gasteiger partial charge in [0.05, 0.1) is 30.1 Å². The fourth-order valence-corrected chi connectivity index (χ4v) is 3.98. The number of hydrogen-bond donors (Lipinski definition) is 0. The molecule has 17 heavy (non-hydrogen) atoms.